The average Bonchev–Trinajstić information content (AvgIpc) is 3.04. The molecule has 0 radical (unpaired) electrons. The highest BCUT2D eigenvalue weighted by molar-refractivity contribution is 6.01. The molecule has 2 rings (SSSR count). The number of methoxy groups -OCH3 is 2. The van der Waals surface area contributed by atoms with Gasteiger partial charge in [-0.05, 0) is 30.2 Å². The minimum atomic E-state index is -0.410. The van der Waals surface area contributed by atoms with Gasteiger partial charge in [0.1, 0.15) is 11.6 Å². The zero-order valence-corrected chi connectivity index (χ0v) is 14.4. The van der Waals surface area contributed by atoms with E-state index in [-0.39, 0.29) is 5.57 Å². The molecule has 2 aromatic rings. The van der Waals surface area contributed by atoms with Crippen molar-refractivity contribution >= 4 is 12.0 Å². The molecular weight excluding hydrogens is 320 g/mol. The van der Waals surface area contributed by atoms with Gasteiger partial charge in [0.15, 0.2) is 11.5 Å². The Hall–Kier alpha value is -3.27. The first kappa shape index (κ1) is 18.1. The topological polar surface area (TPSA) is 89.2 Å². The van der Waals surface area contributed by atoms with Crippen molar-refractivity contribution in [2.24, 2.45) is 7.05 Å². The number of aryl methyl sites for hydroxylation is 1. The molecule has 7 heteroatoms. The number of hydrogen-bond acceptors (Lipinski definition) is 5. The van der Waals surface area contributed by atoms with Crippen LogP contribution in [0.3, 0.4) is 0 Å². The summed E-state index contributed by atoms with van der Waals surface area (Å²) in [6.45, 7) is 0.403. The number of nitrogens with zero attached hydrogens (tertiary/aromatic N) is 3. The summed E-state index contributed by atoms with van der Waals surface area (Å²) in [6.07, 6.45) is 5.44. The minimum Gasteiger partial charge on any atom is -0.493 e. The van der Waals surface area contributed by atoms with Gasteiger partial charge in [-0.3, -0.25) is 9.48 Å². The molecule has 0 aliphatic heterocycles. The van der Waals surface area contributed by atoms with Gasteiger partial charge in [0.2, 0.25) is 0 Å². The molecule has 1 heterocycles. The molecule has 1 aromatic heterocycles. The molecule has 0 aliphatic carbocycles. The van der Waals surface area contributed by atoms with Crippen LogP contribution in [0, 0.1) is 11.3 Å². The lowest BCUT2D eigenvalue weighted by Gasteiger charge is -2.10. The SMILES string of the molecule is COc1ccc(CCNC(=O)/C(C#N)=C/c2cnn(C)c2)cc1OC. The van der Waals surface area contributed by atoms with Gasteiger partial charge in [-0.15, -0.1) is 0 Å². The van der Waals surface area contributed by atoms with Crippen LogP contribution in [0.4, 0.5) is 0 Å². The van der Waals surface area contributed by atoms with Gasteiger partial charge < -0.3 is 14.8 Å². The maximum atomic E-state index is 12.1. The first-order chi connectivity index (χ1) is 12.1. The van der Waals surface area contributed by atoms with Crippen LogP contribution in [0.25, 0.3) is 6.08 Å². The van der Waals surface area contributed by atoms with E-state index in [0.29, 0.717) is 30.0 Å². The molecule has 0 aliphatic rings. The van der Waals surface area contributed by atoms with E-state index in [1.807, 2.05) is 24.3 Å². The molecule has 0 fully saturated rings. The summed E-state index contributed by atoms with van der Waals surface area (Å²) in [4.78, 5) is 12.1. The zero-order chi connectivity index (χ0) is 18.2. The third-order valence-electron chi connectivity index (χ3n) is 3.55. The van der Waals surface area contributed by atoms with Crippen molar-refractivity contribution < 1.29 is 14.3 Å². The normalized spacial score (nSPS) is 10.9. The second-order valence-electron chi connectivity index (χ2n) is 5.31. The standard InChI is InChI=1S/C18H20N4O3/c1-22-12-14(11-21-22)8-15(10-19)18(23)20-7-6-13-4-5-16(24-2)17(9-13)25-3/h4-5,8-9,11-12H,6-7H2,1-3H3,(H,20,23)/b15-8+. The van der Waals surface area contributed by atoms with Crippen molar-refractivity contribution in [3.05, 3.63) is 47.3 Å². The van der Waals surface area contributed by atoms with Gasteiger partial charge in [-0.2, -0.15) is 10.4 Å². The Morgan fingerprint density at radius 1 is 1.36 bits per heavy atom. The third-order valence-corrected chi connectivity index (χ3v) is 3.55. The number of amides is 1. The molecule has 25 heavy (non-hydrogen) atoms. The predicted octanol–water partition coefficient (Wildman–Crippen LogP) is 1.70. The smallest absolute Gasteiger partial charge is 0.261 e. The van der Waals surface area contributed by atoms with Gasteiger partial charge >= 0.3 is 0 Å². The second kappa shape index (κ2) is 8.55. The van der Waals surface area contributed by atoms with E-state index < -0.39 is 5.91 Å². The van der Waals surface area contributed by atoms with Crippen molar-refractivity contribution in [2.45, 2.75) is 6.42 Å². The summed E-state index contributed by atoms with van der Waals surface area (Å²) < 4.78 is 12.1. The van der Waals surface area contributed by atoms with E-state index in [0.717, 1.165) is 5.56 Å². The van der Waals surface area contributed by atoms with Crippen LogP contribution in [0.5, 0.6) is 11.5 Å². The summed E-state index contributed by atoms with van der Waals surface area (Å²) in [5.41, 5.74) is 1.74. The number of carbonyl (C=O) groups is 1. The molecule has 7 nitrogen and oxygen atoms in total. The number of carbonyl (C=O) groups excluding carboxylic acids is 1. The van der Waals surface area contributed by atoms with Crippen LogP contribution >= 0.6 is 0 Å². The van der Waals surface area contributed by atoms with Gasteiger partial charge in [-0.25, -0.2) is 0 Å². The van der Waals surface area contributed by atoms with E-state index in [2.05, 4.69) is 10.4 Å². The Labute approximate surface area is 146 Å². The first-order valence-corrected chi connectivity index (χ1v) is 7.67. The molecule has 1 N–H and O–H groups in total. The van der Waals surface area contributed by atoms with E-state index in [1.54, 1.807) is 38.3 Å². The molecule has 0 unspecified atom stereocenters. The fraction of sp³-hybridized carbons (Fsp3) is 0.278. The molecule has 0 bridgehead atoms. The summed E-state index contributed by atoms with van der Waals surface area (Å²) in [6, 6.07) is 7.51. The molecular formula is C18H20N4O3. The Balaban J connectivity index is 1.95. The number of nitrogens with one attached hydrogen (secondary N) is 1. The molecule has 0 saturated carbocycles. The molecule has 1 amide bonds. The highest BCUT2D eigenvalue weighted by atomic mass is 16.5. The quantitative estimate of drug-likeness (QED) is 0.612. The van der Waals surface area contributed by atoms with E-state index in [4.69, 9.17) is 9.47 Å². The van der Waals surface area contributed by atoms with Crippen LogP contribution in [0.1, 0.15) is 11.1 Å². The van der Waals surface area contributed by atoms with E-state index in [1.165, 1.54) is 6.08 Å². The molecule has 0 saturated heterocycles. The summed E-state index contributed by atoms with van der Waals surface area (Å²) in [7, 11) is 4.92. The maximum Gasteiger partial charge on any atom is 0.261 e. The number of rotatable bonds is 7. The van der Waals surface area contributed by atoms with Crippen LogP contribution in [0.15, 0.2) is 36.2 Å². The molecule has 1 aromatic carbocycles. The van der Waals surface area contributed by atoms with Gasteiger partial charge in [0, 0.05) is 25.4 Å². The largest absolute Gasteiger partial charge is 0.493 e. The summed E-state index contributed by atoms with van der Waals surface area (Å²) >= 11 is 0. The van der Waals surface area contributed by atoms with Gasteiger partial charge in [0.25, 0.3) is 5.91 Å². The van der Waals surface area contributed by atoms with Crippen molar-refractivity contribution in [1.29, 1.82) is 5.26 Å². The number of benzene rings is 1. The lowest BCUT2D eigenvalue weighted by molar-refractivity contribution is -0.117. The Bertz CT molecular complexity index is 818. The van der Waals surface area contributed by atoms with E-state index in [9.17, 15) is 10.1 Å². The first-order valence-electron chi connectivity index (χ1n) is 7.67. The minimum absolute atomic E-state index is 0.0420. The number of ether oxygens (including phenoxy) is 2. The lowest BCUT2D eigenvalue weighted by Crippen LogP contribution is -2.26. The third kappa shape index (κ3) is 4.85. The van der Waals surface area contributed by atoms with Crippen molar-refractivity contribution in [2.75, 3.05) is 20.8 Å². The second-order valence-corrected chi connectivity index (χ2v) is 5.31. The van der Waals surface area contributed by atoms with Crippen molar-refractivity contribution in [1.82, 2.24) is 15.1 Å². The Morgan fingerprint density at radius 2 is 2.12 bits per heavy atom. The predicted molar refractivity (Wildman–Crippen MR) is 93.1 cm³/mol. The van der Waals surface area contributed by atoms with Crippen molar-refractivity contribution in [3.63, 3.8) is 0 Å². The van der Waals surface area contributed by atoms with Crippen LogP contribution < -0.4 is 14.8 Å². The monoisotopic (exact) mass is 340 g/mol. The van der Waals surface area contributed by atoms with Crippen molar-refractivity contribution in [3.8, 4) is 17.6 Å². The number of aromatic nitrogens is 2. The van der Waals surface area contributed by atoms with Crippen LogP contribution in [-0.4, -0.2) is 36.5 Å². The van der Waals surface area contributed by atoms with Crippen LogP contribution in [0.2, 0.25) is 0 Å². The molecule has 130 valence electrons. The number of nitriles is 1. The summed E-state index contributed by atoms with van der Waals surface area (Å²) in [5.74, 6) is 0.883. The van der Waals surface area contributed by atoms with Crippen LogP contribution in [-0.2, 0) is 18.3 Å². The average molecular weight is 340 g/mol. The van der Waals surface area contributed by atoms with Gasteiger partial charge in [0.05, 0.1) is 20.4 Å². The highest BCUT2D eigenvalue weighted by Crippen LogP contribution is 2.27. The zero-order valence-electron chi connectivity index (χ0n) is 14.4. The fourth-order valence-corrected chi connectivity index (χ4v) is 2.28. The van der Waals surface area contributed by atoms with Gasteiger partial charge in [-0.1, -0.05) is 6.07 Å². The Kier molecular flexibility index (Phi) is 6.18. The lowest BCUT2D eigenvalue weighted by atomic mass is 10.1. The summed E-state index contributed by atoms with van der Waals surface area (Å²) in [5, 5.41) is 15.9. The highest BCUT2D eigenvalue weighted by Gasteiger charge is 2.10. The molecule has 0 atom stereocenters. The molecule has 0 spiro atoms. The Morgan fingerprint density at radius 3 is 2.72 bits per heavy atom. The number of hydrogen-bond donors (Lipinski definition) is 1. The fourth-order valence-electron chi connectivity index (χ4n) is 2.28. The maximum absolute atomic E-state index is 12.1. The van der Waals surface area contributed by atoms with E-state index >= 15 is 0 Å².